The van der Waals surface area contributed by atoms with Gasteiger partial charge < -0.3 is 10.3 Å². The van der Waals surface area contributed by atoms with Crippen molar-refractivity contribution < 1.29 is 9.59 Å². The predicted octanol–water partition coefficient (Wildman–Crippen LogP) is 4.31. The number of halogens is 1. The predicted molar refractivity (Wildman–Crippen MR) is 99.1 cm³/mol. The van der Waals surface area contributed by atoms with Crippen molar-refractivity contribution >= 4 is 38.5 Å². The van der Waals surface area contributed by atoms with Gasteiger partial charge in [0.15, 0.2) is 0 Å². The van der Waals surface area contributed by atoms with Gasteiger partial charge in [-0.25, -0.2) is 0 Å². The smallest absolute Gasteiger partial charge is 0.292 e. The lowest BCUT2D eigenvalue weighted by Crippen LogP contribution is -2.31. The zero-order valence-electron chi connectivity index (χ0n) is 13.2. The maximum Gasteiger partial charge on any atom is 0.292 e. The molecule has 1 heterocycles. The second kappa shape index (κ2) is 7.01. The van der Waals surface area contributed by atoms with Gasteiger partial charge >= 0.3 is 0 Å². The number of Topliss-reactive ketones (excluding diaryl/α,β-unsaturated/α-hetero) is 1. The van der Waals surface area contributed by atoms with Crippen molar-refractivity contribution in [3.05, 3.63) is 58.6 Å². The number of nitrogens with one attached hydrogen (secondary N) is 2. The van der Waals surface area contributed by atoms with E-state index in [4.69, 9.17) is 0 Å². The first-order valence-corrected chi connectivity index (χ1v) is 8.60. The quantitative estimate of drug-likeness (QED) is 0.508. The summed E-state index contributed by atoms with van der Waals surface area (Å²) in [5.74, 6) is -1.08. The van der Waals surface area contributed by atoms with Crippen LogP contribution in [0.4, 0.5) is 0 Å². The van der Waals surface area contributed by atoms with Crippen LogP contribution in [-0.4, -0.2) is 23.2 Å². The Hall–Kier alpha value is -2.40. The van der Waals surface area contributed by atoms with Crippen molar-refractivity contribution in [3.63, 3.8) is 0 Å². The van der Waals surface area contributed by atoms with E-state index in [-0.39, 0.29) is 0 Å². The summed E-state index contributed by atoms with van der Waals surface area (Å²) in [7, 11) is 0. The van der Waals surface area contributed by atoms with Crippen LogP contribution in [0.3, 0.4) is 0 Å². The number of ketones is 1. The molecule has 3 aromatic rings. The van der Waals surface area contributed by atoms with E-state index < -0.39 is 11.7 Å². The lowest BCUT2D eigenvalue weighted by atomic mass is 10.0. The van der Waals surface area contributed by atoms with E-state index >= 15 is 0 Å². The molecule has 2 N–H and O–H groups in total. The molecule has 122 valence electrons. The number of amides is 1. The number of hydrogen-bond donors (Lipinski definition) is 2. The van der Waals surface area contributed by atoms with Gasteiger partial charge in [-0.3, -0.25) is 9.59 Å². The van der Waals surface area contributed by atoms with Gasteiger partial charge in [-0.2, -0.15) is 0 Å². The Morgan fingerprint density at radius 1 is 1.08 bits per heavy atom. The van der Waals surface area contributed by atoms with Gasteiger partial charge in [-0.15, -0.1) is 0 Å². The Kier molecular flexibility index (Phi) is 4.81. The fourth-order valence-corrected chi connectivity index (χ4v) is 2.91. The maximum absolute atomic E-state index is 12.7. The number of carbonyl (C=O) groups excluding carboxylic acids is 2. The SMILES string of the molecule is CCCNC(=O)C(=O)c1c(-c2ccc(Br)cc2)[nH]c2ccccc12. The molecule has 0 aliphatic carbocycles. The van der Waals surface area contributed by atoms with E-state index in [0.29, 0.717) is 17.8 Å². The van der Waals surface area contributed by atoms with E-state index in [1.54, 1.807) is 0 Å². The van der Waals surface area contributed by atoms with Crippen LogP contribution < -0.4 is 5.32 Å². The summed E-state index contributed by atoms with van der Waals surface area (Å²) in [5, 5.41) is 3.42. The summed E-state index contributed by atoms with van der Waals surface area (Å²) < 4.78 is 0.955. The van der Waals surface area contributed by atoms with E-state index in [1.807, 2.05) is 55.5 Å². The molecule has 0 saturated carbocycles. The summed E-state index contributed by atoms with van der Waals surface area (Å²) >= 11 is 3.41. The molecule has 0 unspecified atom stereocenters. The van der Waals surface area contributed by atoms with Crippen molar-refractivity contribution in [1.29, 1.82) is 0 Å². The molecule has 0 fully saturated rings. The van der Waals surface area contributed by atoms with Crippen molar-refractivity contribution in [2.24, 2.45) is 0 Å². The average Bonchev–Trinajstić information content (AvgIpc) is 2.99. The van der Waals surface area contributed by atoms with E-state index in [0.717, 1.165) is 27.4 Å². The zero-order chi connectivity index (χ0) is 17.1. The van der Waals surface area contributed by atoms with Crippen LogP contribution in [-0.2, 0) is 4.79 Å². The lowest BCUT2D eigenvalue weighted by molar-refractivity contribution is -0.116. The molecule has 0 aliphatic rings. The summed E-state index contributed by atoms with van der Waals surface area (Å²) in [4.78, 5) is 28.2. The van der Waals surface area contributed by atoms with Crippen LogP contribution >= 0.6 is 15.9 Å². The third-order valence-electron chi connectivity index (χ3n) is 3.81. The molecule has 0 bridgehead atoms. The molecule has 0 atom stereocenters. The Morgan fingerprint density at radius 3 is 2.50 bits per heavy atom. The number of H-pyrrole nitrogens is 1. The molecule has 5 heteroatoms. The largest absolute Gasteiger partial charge is 0.354 e. The number of aromatic amines is 1. The number of aromatic nitrogens is 1. The first kappa shape index (κ1) is 16.5. The number of carbonyl (C=O) groups is 2. The molecule has 1 amide bonds. The van der Waals surface area contributed by atoms with Crippen molar-refractivity contribution in [2.45, 2.75) is 13.3 Å². The first-order chi connectivity index (χ1) is 11.6. The highest BCUT2D eigenvalue weighted by Gasteiger charge is 2.24. The molecule has 0 spiro atoms. The third kappa shape index (κ3) is 3.12. The zero-order valence-corrected chi connectivity index (χ0v) is 14.8. The van der Waals surface area contributed by atoms with Gasteiger partial charge in [0.2, 0.25) is 0 Å². The Labute approximate surface area is 148 Å². The topological polar surface area (TPSA) is 62.0 Å². The molecule has 0 radical (unpaired) electrons. The minimum absolute atomic E-state index is 0.418. The van der Waals surface area contributed by atoms with E-state index in [9.17, 15) is 9.59 Å². The van der Waals surface area contributed by atoms with Crippen LogP contribution in [0.1, 0.15) is 23.7 Å². The second-order valence-corrected chi connectivity index (χ2v) is 6.43. The van der Waals surface area contributed by atoms with Crippen LogP contribution in [0.25, 0.3) is 22.2 Å². The molecule has 3 rings (SSSR count). The normalized spacial score (nSPS) is 10.8. The van der Waals surface area contributed by atoms with Gasteiger partial charge in [0.1, 0.15) is 0 Å². The first-order valence-electron chi connectivity index (χ1n) is 7.81. The van der Waals surface area contributed by atoms with E-state index in [2.05, 4.69) is 26.2 Å². The highest BCUT2D eigenvalue weighted by molar-refractivity contribution is 9.10. The molecule has 2 aromatic carbocycles. The summed E-state index contributed by atoms with van der Waals surface area (Å²) in [6, 6.07) is 15.2. The number of para-hydroxylation sites is 1. The summed E-state index contributed by atoms with van der Waals surface area (Å²) in [6.07, 6.45) is 0.784. The number of fused-ring (bicyclic) bond motifs is 1. The van der Waals surface area contributed by atoms with Gasteiger partial charge in [0, 0.05) is 21.9 Å². The van der Waals surface area contributed by atoms with Crippen LogP contribution in [0.5, 0.6) is 0 Å². The maximum atomic E-state index is 12.7. The van der Waals surface area contributed by atoms with Gasteiger partial charge in [-0.1, -0.05) is 53.2 Å². The van der Waals surface area contributed by atoms with Gasteiger partial charge in [0.05, 0.1) is 11.3 Å². The molecule has 0 saturated heterocycles. The van der Waals surface area contributed by atoms with Crippen LogP contribution in [0.15, 0.2) is 53.0 Å². The number of rotatable bonds is 5. The fourth-order valence-electron chi connectivity index (χ4n) is 2.64. The summed E-state index contributed by atoms with van der Waals surface area (Å²) in [6.45, 7) is 2.43. The number of hydrogen-bond acceptors (Lipinski definition) is 2. The fraction of sp³-hybridized carbons (Fsp3) is 0.158. The molecule has 0 aliphatic heterocycles. The summed E-state index contributed by atoms with van der Waals surface area (Å²) in [5.41, 5.74) is 2.78. The Morgan fingerprint density at radius 2 is 1.79 bits per heavy atom. The second-order valence-electron chi connectivity index (χ2n) is 5.51. The lowest BCUT2D eigenvalue weighted by Gasteiger charge is -2.06. The van der Waals surface area contributed by atoms with E-state index in [1.165, 1.54) is 0 Å². The Balaban J connectivity index is 2.13. The van der Waals surface area contributed by atoms with Crippen molar-refractivity contribution in [3.8, 4) is 11.3 Å². The monoisotopic (exact) mass is 384 g/mol. The number of benzene rings is 2. The molecule has 4 nitrogen and oxygen atoms in total. The van der Waals surface area contributed by atoms with Gasteiger partial charge in [0.25, 0.3) is 11.7 Å². The standard InChI is InChI=1S/C19H17BrN2O2/c1-2-11-21-19(24)18(23)16-14-5-3-4-6-15(14)22-17(16)12-7-9-13(20)10-8-12/h3-10,22H,2,11H2,1H3,(H,21,24). The van der Waals surface area contributed by atoms with Gasteiger partial charge in [-0.05, 0) is 30.2 Å². The van der Waals surface area contributed by atoms with Crippen LogP contribution in [0, 0.1) is 0 Å². The highest BCUT2D eigenvalue weighted by atomic mass is 79.9. The third-order valence-corrected chi connectivity index (χ3v) is 4.34. The minimum Gasteiger partial charge on any atom is -0.354 e. The molecule has 1 aromatic heterocycles. The average molecular weight is 385 g/mol. The molecule has 24 heavy (non-hydrogen) atoms. The molecular weight excluding hydrogens is 368 g/mol. The van der Waals surface area contributed by atoms with Crippen molar-refractivity contribution in [2.75, 3.05) is 6.54 Å². The van der Waals surface area contributed by atoms with Crippen LogP contribution in [0.2, 0.25) is 0 Å². The highest BCUT2D eigenvalue weighted by Crippen LogP contribution is 2.31. The Bertz CT molecular complexity index is 897. The minimum atomic E-state index is -0.569. The van der Waals surface area contributed by atoms with Crippen molar-refractivity contribution in [1.82, 2.24) is 10.3 Å². The molecular formula is C19H17BrN2O2.